The molecule has 0 radical (unpaired) electrons. The number of fused-ring (bicyclic) bond motifs is 1. The predicted octanol–water partition coefficient (Wildman–Crippen LogP) is 2.44. The fourth-order valence-electron chi connectivity index (χ4n) is 1.04. The molecule has 0 aliphatic carbocycles. The summed E-state index contributed by atoms with van der Waals surface area (Å²) in [5, 5.41) is 1.14. The molecule has 0 saturated carbocycles. The molecule has 1 atom stereocenters. The first-order valence-corrected chi connectivity index (χ1v) is 4.46. The lowest BCUT2D eigenvalue weighted by molar-refractivity contribution is 1.26. The Morgan fingerprint density at radius 1 is 1.55 bits per heavy atom. The van der Waals surface area contributed by atoms with Crippen molar-refractivity contribution in [1.29, 1.82) is 0 Å². The van der Waals surface area contributed by atoms with E-state index in [0.717, 1.165) is 15.5 Å². The van der Waals surface area contributed by atoms with E-state index in [1.807, 2.05) is 22.7 Å². The summed E-state index contributed by atoms with van der Waals surface area (Å²) in [6, 6.07) is 3.96. The van der Waals surface area contributed by atoms with Gasteiger partial charge in [-0.1, -0.05) is 0 Å². The summed E-state index contributed by atoms with van der Waals surface area (Å²) in [6.45, 7) is 0. The van der Waals surface area contributed by atoms with Gasteiger partial charge in [0.1, 0.15) is 5.65 Å². The largest absolute Gasteiger partial charge is 0.316 e. The molecule has 2 heterocycles. The van der Waals surface area contributed by atoms with Crippen molar-refractivity contribution in [3.8, 4) is 0 Å². The van der Waals surface area contributed by atoms with Crippen molar-refractivity contribution in [1.82, 2.24) is 9.32 Å². The van der Waals surface area contributed by atoms with Crippen molar-refractivity contribution in [2.24, 2.45) is 0 Å². The third-order valence-electron chi connectivity index (χ3n) is 1.54. The molecule has 0 aromatic carbocycles. The smallest absolute Gasteiger partial charge is 0.143 e. The Kier molecular flexibility index (Phi) is 1.70. The van der Waals surface area contributed by atoms with Gasteiger partial charge in [-0.2, -0.15) is 0 Å². The highest BCUT2D eigenvalue weighted by molar-refractivity contribution is 9.10. The molecule has 2 rings (SSSR count). The molecule has 0 spiro atoms. The zero-order valence-corrected chi connectivity index (χ0v) is 8.40. The van der Waals surface area contributed by atoms with Crippen molar-refractivity contribution in [3.63, 3.8) is 0 Å². The van der Waals surface area contributed by atoms with E-state index in [4.69, 9.17) is 0 Å². The summed E-state index contributed by atoms with van der Waals surface area (Å²) in [7, 11) is 2.59. The van der Waals surface area contributed by atoms with Crippen LogP contribution in [0.1, 0.15) is 0 Å². The van der Waals surface area contributed by atoms with E-state index < -0.39 is 0 Å². The number of hydrogen-bond donors (Lipinski definition) is 0. The SMILES string of the molecule is Pn1cc(Br)c2cccnc21. The molecule has 0 fully saturated rings. The number of nitrogens with zero attached hydrogens (tertiary/aromatic N) is 2. The zero-order valence-electron chi connectivity index (χ0n) is 5.66. The number of halogens is 1. The third kappa shape index (κ3) is 1.09. The van der Waals surface area contributed by atoms with Gasteiger partial charge in [-0.25, -0.2) is 4.98 Å². The van der Waals surface area contributed by atoms with Crippen LogP contribution in [-0.2, 0) is 0 Å². The molecule has 0 bridgehead atoms. The molecule has 0 aliphatic rings. The maximum absolute atomic E-state index is 4.21. The average Bonchev–Trinajstić information content (AvgIpc) is 2.30. The van der Waals surface area contributed by atoms with Crippen molar-refractivity contribution in [2.75, 3.05) is 0 Å². The van der Waals surface area contributed by atoms with Gasteiger partial charge >= 0.3 is 0 Å². The van der Waals surface area contributed by atoms with Crippen molar-refractivity contribution in [3.05, 3.63) is 29.0 Å². The molecular weight excluding hydrogens is 223 g/mol. The van der Waals surface area contributed by atoms with Gasteiger partial charge in [0.2, 0.25) is 0 Å². The lowest BCUT2D eigenvalue weighted by atomic mass is 10.3. The summed E-state index contributed by atoms with van der Waals surface area (Å²) < 4.78 is 3.00. The maximum Gasteiger partial charge on any atom is 0.143 e. The van der Waals surface area contributed by atoms with Gasteiger partial charge < -0.3 is 4.34 Å². The summed E-state index contributed by atoms with van der Waals surface area (Å²) in [4.78, 5) is 4.21. The maximum atomic E-state index is 4.21. The van der Waals surface area contributed by atoms with Crippen LogP contribution in [0.25, 0.3) is 11.0 Å². The van der Waals surface area contributed by atoms with Gasteiger partial charge in [0, 0.05) is 22.3 Å². The standard InChI is InChI=1S/C7H6BrN2P/c8-6-4-10(11)7-5(6)2-1-3-9-7/h1-4H,11H2. The fourth-order valence-corrected chi connectivity index (χ4v) is 2.15. The first-order valence-electron chi connectivity index (χ1n) is 3.15. The number of pyridine rings is 1. The van der Waals surface area contributed by atoms with E-state index in [0.29, 0.717) is 0 Å². The minimum absolute atomic E-state index is 0.976. The van der Waals surface area contributed by atoms with Crippen LogP contribution in [0.5, 0.6) is 0 Å². The van der Waals surface area contributed by atoms with Crippen LogP contribution >= 0.6 is 25.3 Å². The molecule has 11 heavy (non-hydrogen) atoms. The minimum atomic E-state index is 0.976. The van der Waals surface area contributed by atoms with Crippen molar-refractivity contribution >= 4 is 36.4 Å². The van der Waals surface area contributed by atoms with Crippen LogP contribution in [0.2, 0.25) is 0 Å². The number of rotatable bonds is 0. The topological polar surface area (TPSA) is 17.8 Å². The second-order valence-electron chi connectivity index (χ2n) is 2.26. The quantitative estimate of drug-likeness (QED) is 0.634. The first-order chi connectivity index (χ1) is 5.29. The monoisotopic (exact) mass is 228 g/mol. The van der Waals surface area contributed by atoms with E-state index in [9.17, 15) is 0 Å². The lowest BCUT2D eigenvalue weighted by Gasteiger charge is -1.90. The lowest BCUT2D eigenvalue weighted by Crippen LogP contribution is -1.78. The summed E-state index contributed by atoms with van der Waals surface area (Å²) >= 11 is 3.44. The van der Waals surface area contributed by atoms with E-state index in [1.165, 1.54) is 0 Å². The first kappa shape index (κ1) is 7.26. The molecule has 4 heteroatoms. The summed E-state index contributed by atoms with van der Waals surface area (Å²) in [5.74, 6) is 0. The van der Waals surface area contributed by atoms with Crippen molar-refractivity contribution in [2.45, 2.75) is 0 Å². The Morgan fingerprint density at radius 3 is 3.09 bits per heavy atom. The Labute approximate surface area is 75.0 Å². The van der Waals surface area contributed by atoms with Gasteiger partial charge in [-0.3, -0.25) is 0 Å². The Balaban J connectivity index is 2.95. The number of aromatic nitrogens is 2. The van der Waals surface area contributed by atoms with E-state index in [-0.39, 0.29) is 0 Å². The zero-order chi connectivity index (χ0) is 7.84. The molecule has 2 aromatic rings. The predicted molar refractivity (Wildman–Crippen MR) is 52.5 cm³/mol. The molecular formula is C7H6BrN2P. The molecule has 0 saturated heterocycles. The highest BCUT2D eigenvalue weighted by atomic mass is 79.9. The Morgan fingerprint density at radius 2 is 2.36 bits per heavy atom. The van der Waals surface area contributed by atoms with Crippen molar-refractivity contribution < 1.29 is 0 Å². The molecule has 1 unspecified atom stereocenters. The number of hydrogen-bond acceptors (Lipinski definition) is 1. The van der Waals surface area contributed by atoms with Crippen LogP contribution < -0.4 is 0 Å². The van der Waals surface area contributed by atoms with Crippen LogP contribution in [0.3, 0.4) is 0 Å². The van der Waals surface area contributed by atoms with Crippen LogP contribution in [0, 0.1) is 0 Å². The normalized spacial score (nSPS) is 10.7. The van der Waals surface area contributed by atoms with Gasteiger partial charge in [0.05, 0.1) is 0 Å². The summed E-state index contributed by atoms with van der Waals surface area (Å²) in [5.41, 5.74) is 0.976. The minimum Gasteiger partial charge on any atom is -0.316 e. The van der Waals surface area contributed by atoms with Crippen LogP contribution in [-0.4, -0.2) is 9.32 Å². The summed E-state index contributed by atoms with van der Waals surface area (Å²) in [6.07, 6.45) is 3.76. The molecule has 0 aliphatic heterocycles. The molecule has 0 amide bonds. The highest BCUT2D eigenvalue weighted by Crippen LogP contribution is 2.25. The highest BCUT2D eigenvalue weighted by Gasteiger charge is 2.02. The average molecular weight is 229 g/mol. The molecule has 2 aromatic heterocycles. The van der Waals surface area contributed by atoms with E-state index >= 15 is 0 Å². The van der Waals surface area contributed by atoms with Crippen LogP contribution in [0.15, 0.2) is 29.0 Å². The van der Waals surface area contributed by atoms with Gasteiger partial charge in [-0.05, 0) is 37.5 Å². The fraction of sp³-hybridized carbons (Fsp3) is 0. The van der Waals surface area contributed by atoms with Gasteiger partial charge in [-0.15, -0.1) is 0 Å². The van der Waals surface area contributed by atoms with E-state index in [1.54, 1.807) is 6.20 Å². The third-order valence-corrected chi connectivity index (χ3v) is 2.57. The Bertz CT molecular complexity index is 360. The van der Waals surface area contributed by atoms with Gasteiger partial charge in [0.25, 0.3) is 0 Å². The Hall–Kier alpha value is -0.400. The van der Waals surface area contributed by atoms with Gasteiger partial charge in [0.15, 0.2) is 0 Å². The molecule has 2 nitrogen and oxygen atoms in total. The second kappa shape index (κ2) is 2.58. The molecule has 0 N–H and O–H groups in total. The second-order valence-corrected chi connectivity index (χ2v) is 3.67. The van der Waals surface area contributed by atoms with E-state index in [2.05, 4.69) is 30.3 Å². The van der Waals surface area contributed by atoms with Crippen LogP contribution in [0.4, 0.5) is 0 Å². The molecule has 56 valence electrons.